The third-order valence-electron chi connectivity index (χ3n) is 7.81. The number of benzene rings is 2. The number of carboxylic acid groups (broad SMARTS) is 1. The highest BCUT2D eigenvalue weighted by Gasteiger charge is 2.32. The van der Waals surface area contributed by atoms with Crippen LogP contribution in [0, 0.1) is 5.92 Å². The number of halogens is 1. The fourth-order valence-corrected chi connectivity index (χ4v) is 6.05. The minimum absolute atomic E-state index is 0.0199. The van der Waals surface area contributed by atoms with Gasteiger partial charge >= 0.3 is 5.97 Å². The molecule has 3 N–H and O–H groups in total. The van der Waals surface area contributed by atoms with E-state index in [-0.39, 0.29) is 23.4 Å². The standard InChI is InChI=1S/C33H34ClN3O5/c1-4-9-25(19-10-6-5-7-11-19)37-32(38)20-14-15-21(23(16-20)33(39)40)30-22(12-8-13-24(30)34)31-35-26-17-28(41-2)29(42-3)18-27(26)36-31/h5-8,10,12-19,24-25,30H,4,9,11H2,1-3H3,(H,35,36)(H,37,38)(H,39,40)/t19?,24-,25+,30?/m0/s1. The fraction of sp³-hybridized carbons (Fsp3) is 0.303. The number of aromatic carboxylic acids is 1. The zero-order valence-electron chi connectivity index (χ0n) is 23.8. The van der Waals surface area contributed by atoms with Crippen molar-refractivity contribution >= 4 is 40.1 Å². The van der Waals surface area contributed by atoms with Crippen molar-refractivity contribution in [3.05, 3.63) is 95.4 Å². The zero-order chi connectivity index (χ0) is 29.8. The van der Waals surface area contributed by atoms with Crippen LogP contribution in [0.5, 0.6) is 11.5 Å². The number of alkyl halides is 1. The number of aromatic nitrogens is 2. The smallest absolute Gasteiger partial charge is 0.336 e. The van der Waals surface area contributed by atoms with Crippen molar-refractivity contribution in [3.63, 3.8) is 0 Å². The lowest BCUT2D eigenvalue weighted by atomic mass is 9.81. The number of hydrogen-bond donors (Lipinski definition) is 3. The number of carbonyl (C=O) groups is 2. The Hall–Kier alpha value is -4.30. The minimum Gasteiger partial charge on any atom is -0.493 e. The lowest BCUT2D eigenvalue weighted by Crippen LogP contribution is -2.40. The molecule has 8 nitrogen and oxygen atoms in total. The average molecular weight is 588 g/mol. The molecule has 5 rings (SSSR count). The summed E-state index contributed by atoms with van der Waals surface area (Å²) in [4.78, 5) is 34.0. The van der Waals surface area contributed by atoms with Crippen molar-refractivity contribution in [3.8, 4) is 11.5 Å². The Morgan fingerprint density at radius 2 is 1.90 bits per heavy atom. The molecule has 2 aliphatic carbocycles. The van der Waals surface area contributed by atoms with E-state index in [0.717, 1.165) is 30.4 Å². The topological polar surface area (TPSA) is 114 Å². The number of aromatic amines is 1. The van der Waals surface area contributed by atoms with E-state index in [1.807, 2.05) is 30.4 Å². The van der Waals surface area contributed by atoms with Crippen LogP contribution in [-0.2, 0) is 0 Å². The molecule has 0 radical (unpaired) electrons. The summed E-state index contributed by atoms with van der Waals surface area (Å²) >= 11 is 6.83. The Kier molecular flexibility index (Phi) is 8.83. The first-order chi connectivity index (χ1) is 20.3. The second-order valence-corrected chi connectivity index (χ2v) is 10.9. The molecule has 42 heavy (non-hydrogen) atoms. The van der Waals surface area contributed by atoms with Crippen LogP contribution in [0.25, 0.3) is 16.6 Å². The van der Waals surface area contributed by atoms with Gasteiger partial charge in [0.2, 0.25) is 0 Å². The molecule has 2 unspecified atom stereocenters. The molecule has 9 heteroatoms. The van der Waals surface area contributed by atoms with Gasteiger partial charge in [-0.05, 0) is 30.5 Å². The SMILES string of the molecule is CCC[C@@H](NC(=O)c1ccc(C2C(c3nc4cc(OC)c(OC)cc4[nH]3)=CC=C[C@@H]2Cl)c(C(=O)O)c1)C1C=CC=CC1. The first-order valence-electron chi connectivity index (χ1n) is 14.0. The molecule has 0 bridgehead atoms. The van der Waals surface area contributed by atoms with Gasteiger partial charge in [-0.3, -0.25) is 4.79 Å². The van der Waals surface area contributed by atoms with Crippen molar-refractivity contribution in [2.24, 2.45) is 5.92 Å². The van der Waals surface area contributed by atoms with Gasteiger partial charge in [-0.2, -0.15) is 0 Å². The average Bonchev–Trinajstić information content (AvgIpc) is 3.43. The number of fused-ring (bicyclic) bond motifs is 1. The van der Waals surface area contributed by atoms with Gasteiger partial charge in [0.1, 0.15) is 5.82 Å². The first-order valence-corrected chi connectivity index (χ1v) is 14.4. The van der Waals surface area contributed by atoms with Gasteiger partial charge in [-0.25, -0.2) is 9.78 Å². The predicted octanol–water partition coefficient (Wildman–Crippen LogP) is 6.65. The first kappa shape index (κ1) is 29.2. The number of hydrogen-bond acceptors (Lipinski definition) is 5. The number of amides is 1. The van der Waals surface area contributed by atoms with E-state index in [4.69, 9.17) is 26.1 Å². The molecule has 0 aliphatic heterocycles. The van der Waals surface area contributed by atoms with Gasteiger partial charge in [0, 0.05) is 41.1 Å². The summed E-state index contributed by atoms with van der Waals surface area (Å²) < 4.78 is 10.8. The molecule has 3 aromatic rings. The molecule has 0 saturated heterocycles. The Labute approximate surface area is 249 Å². The second kappa shape index (κ2) is 12.7. The number of allylic oxidation sites excluding steroid dienone is 7. The van der Waals surface area contributed by atoms with Crippen molar-refractivity contribution in [2.45, 2.75) is 43.5 Å². The number of carbonyl (C=O) groups excluding carboxylic acids is 1. The summed E-state index contributed by atoms with van der Waals surface area (Å²) in [6.07, 6.45) is 16.3. The molecule has 0 spiro atoms. The predicted molar refractivity (Wildman–Crippen MR) is 165 cm³/mol. The van der Waals surface area contributed by atoms with Crippen LogP contribution < -0.4 is 14.8 Å². The van der Waals surface area contributed by atoms with Gasteiger partial charge in [-0.1, -0.05) is 61.9 Å². The minimum atomic E-state index is -1.14. The number of nitrogens with zero attached hydrogens (tertiary/aromatic N) is 1. The zero-order valence-corrected chi connectivity index (χ0v) is 24.5. The second-order valence-electron chi connectivity index (χ2n) is 10.4. The number of carboxylic acids is 1. The van der Waals surface area contributed by atoms with Crippen LogP contribution in [0.2, 0.25) is 0 Å². The van der Waals surface area contributed by atoms with Crippen LogP contribution >= 0.6 is 11.6 Å². The van der Waals surface area contributed by atoms with E-state index in [1.165, 1.54) is 6.07 Å². The molecule has 4 atom stereocenters. The quantitative estimate of drug-likeness (QED) is 0.229. The number of methoxy groups -OCH3 is 2. The van der Waals surface area contributed by atoms with Crippen molar-refractivity contribution < 1.29 is 24.2 Å². The normalized spacial score (nSPS) is 20.3. The monoisotopic (exact) mass is 587 g/mol. The summed E-state index contributed by atoms with van der Waals surface area (Å²) in [5, 5.41) is 12.9. The summed E-state index contributed by atoms with van der Waals surface area (Å²) in [7, 11) is 3.13. The van der Waals surface area contributed by atoms with Crippen LogP contribution in [0.4, 0.5) is 0 Å². The van der Waals surface area contributed by atoms with Crippen LogP contribution in [0.3, 0.4) is 0 Å². The lowest BCUT2D eigenvalue weighted by molar-refractivity contribution is 0.0695. The fourth-order valence-electron chi connectivity index (χ4n) is 5.70. The number of nitrogens with one attached hydrogen (secondary N) is 2. The van der Waals surface area contributed by atoms with Gasteiger partial charge in [0.15, 0.2) is 11.5 Å². The van der Waals surface area contributed by atoms with Gasteiger partial charge in [-0.15, -0.1) is 11.6 Å². The Morgan fingerprint density at radius 1 is 1.12 bits per heavy atom. The third kappa shape index (κ3) is 5.85. The van der Waals surface area contributed by atoms with Crippen molar-refractivity contribution in [1.29, 1.82) is 0 Å². The van der Waals surface area contributed by atoms with E-state index >= 15 is 0 Å². The lowest BCUT2D eigenvalue weighted by Gasteiger charge is -2.27. The molecule has 1 aromatic heterocycles. The Morgan fingerprint density at radius 3 is 2.60 bits per heavy atom. The van der Waals surface area contributed by atoms with E-state index in [9.17, 15) is 14.7 Å². The Balaban J connectivity index is 1.48. The molecule has 0 saturated carbocycles. The summed E-state index contributed by atoms with van der Waals surface area (Å²) in [5.74, 6) is -0.115. The molecule has 2 aliphatic rings. The van der Waals surface area contributed by atoms with E-state index in [0.29, 0.717) is 34.0 Å². The number of H-pyrrole nitrogens is 1. The molecular weight excluding hydrogens is 554 g/mol. The maximum absolute atomic E-state index is 13.4. The third-order valence-corrected chi connectivity index (χ3v) is 8.21. The van der Waals surface area contributed by atoms with E-state index in [1.54, 1.807) is 38.5 Å². The maximum Gasteiger partial charge on any atom is 0.336 e. The summed E-state index contributed by atoms with van der Waals surface area (Å²) in [5.41, 5.74) is 2.93. The maximum atomic E-state index is 13.4. The van der Waals surface area contributed by atoms with Crippen molar-refractivity contribution in [2.75, 3.05) is 14.2 Å². The molecule has 1 amide bonds. The molecule has 0 fully saturated rings. The highest BCUT2D eigenvalue weighted by Crippen LogP contribution is 2.42. The highest BCUT2D eigenvalue weighted by atomic mass is 35.5. The van der Waals surface area contributed by atoms with Crippen molar-refractivity contribution in [1.82, 2.24) is 15.3 Å². The van der Waals surface area contributed by atoms with Crippen LogP contribution in [0.15, 0.2) is 72.9 Å². The highest BCUT2D eigenvalue weighted by molar-refractivity contribution is 6.23. The van der Waals surface area contributed by atoms with E-state index in [2.05, 4.69) is 29.4 Å². The number of ether oxygens (including phenoxy) is 2. The number of imidazole rings is 1. The van der Waals surface area contributed by atoms with Gasteiger partial charge < -0.3 is 24.9 Å². The molecule has 1 heterocycles. The van der Waals surface area contributed by atoms with E-state index < -0.39 is 17.3 Å². The number of rotatable bonds is 10. The van der Waals surface area contributed by atoms with Crippen LogP contribution in [-0.4, -0.2) is 52.6 Å². The van der Waals surface area contributed by atoms with Gasteiger partial charge in [0.25, 0.3) is 5.91 Å². The largest absolute Gasteiger partial charge is 0.493 e. The summed E-state index contributed by atoms with van der Waals surface area (Å²) in [6, 6.07) is 8.34. The molecule has 218 valence electrons. The van der Waals surface area contributed by atoms with Gasteiger partial charge in [0.05, 0.1) is 36.2 Å². The van der Waals surface area contributed by atoms with Crippen LogP contribution in [0.1, 0.15) is 64.2 Å². The summed E-state index contributed by atoms with van der Waals surface area (Å²) in [6.45, 7) is 2.08. The molecule has 2 aromatic carbocycles. The Bertz CT molecular complexity index is 1580. The molecular formula is C33H34ClN3O5.